The molecule has 0 saturated heterocycles. The second kappa shape index (κ2) is 13.2. The van der Waals surface area contributed by atoms with Gasteiger partial charge in [0.25, 0.3) is 0 Å². The molecular weight excluding hydrogens is 725 g/mol. The van der Waals surface area contributed by atoms with E-state index in [1.807, 2.05) is 60.7 Å². The molecule has 0 radical (unpaired) electrons. The maximum Gasteiger partial charge on any atom is 0.164 e. The van der Waals surface area contributed by atoms with Crippen LogP contribution in [0.5, 0.6) is 0 Å². The summed E-state index contributed by atoms with van der Waals surface area (Å²) in [4.78, 5) is 20.6. The Morgan fingerprint density at radius 3 is 1.76 bits per heavy atom. The molecule has 4 aromatic heterocycles. The molecule has 276 valence electrons. The van der Waals surface area contributed by atoms with Gasteiger partial charge in [-0.15, -0.1) is 0 Å². The molecule has 0 aliphatic heterocycles. The van der Waals surface area contributed by atoms with E-state index in [1.165, 1.54) is 10.8 Å². The standard InChI is InChI=1S/C52H32N6O/c1-4-15-33(16-5-1)49-54-50(34-27-29-39-38-21-10-12-24-43(38)57(45(39)31-34)36-17-6-2-7-18-36)56-51(55-49)41-22-14-26-46-48(41)40-30-28-35(32-47(40)59-46)52-53-42-23-11-13-25-44(42)58(52)37-19-8-3-9-20-37/h1-32H. The summed E-state index contributed by atoms with van der Waals surface area (Å²) in [7, 11) is 0. The molecule has 0 bridgehead atoms. The zero-order chi connectivity index (χ0) is 38.9. The fourth-order valence-corrected chi connectivity index (χ4v) is 8.52. The van der Waals surface area contributed by atoms with Gasteiger partial charge in [0, 0.05) is 55.2 Å². The molecule has 0 fully saturated rings. The molecule has 0 spiro atoms. The summed E-state index contributed by atoms with van der Waals surface area (Å²) >= 11 is 0. The Morgan fingerprint density at radius 2 is 0.966 bits per heavy atom. The third-order valence-corrected chi connectivity index (χ3v) is 11.2. The summed E-state index contributed by atoms with van der Waals surface area (Å²) in [5, 5.41) is 4.28. The second-order valence-electron chi connectivity index (χ2n) is 14.7. The lowest BCUT2D eigenvalue weighted by atomic mass is 10.0. The first-order valence-electron chi connectivity index (χ1n) is 19.6. The van der Waals surface area contributed by atoms with Gasteiger partial charge in [-0.1, -0.05) is 127 Å². The fourth-order valence-electron chi connectivity index (χ4n) is 8.52. The number of nitrogens with zero attached hydrogens (tertiary/aromatic N) is 6. The van der Waals surface area contributed by atoms with Crippen molar-refractivity contribution in [2.45, 2.75) is 0 Å². The molecule has 12 rings (SSSR count). The van der Waals surface area contributed by atoms with Crippen molar-refractivity contribution in [2.75, 3.05) is 0 Å². The lowest BCUT2D eigenvalue weighted by Crippen LogP contribution is -2.01. The highest BCUT2D eigenvalue weighted by Gasteiger charge is 2.21. The van der Waals surface area contributed by atoms with Gasteiger partial charge in [0.05, 0.1) is 22.1 Å². The Morgan fingerprint density at radius 1 is 0.356 bits per heavy atom. The number of benzene rings is 8. The maximum absolute atomic E-state index is 6.65. The molecule has 0 unspecified atom stereocenters. The van der Waals surface area contributed by atoms with Crippen molar-refractivity contribution in [2.24, 2.45) is 0 Å². The minimum atomic E-state index is 0.570. The van der Waals surface area contributed by atoms with Crippen molar-refractivity contribution in [1.29, 1.82) is 0 Å². The van der Waals surface area contributed by atoms with Gasteiger partial charge < -0.3 is 8.98 Å². The van der Waals surface area contributed by atoms with Crippen LogP contribution in [-0.4, -0.2) is 29.1 Å². The van der Waals surface area contributed by atoms with E-state index in [2.05, 4.69) is 143 Å². The van der Waals surface area contributed by atoms with Crippen LogP contribution in [0, 0.1) is 0 Å². The number of aromatic nitrogens is 6. The Kier molecular flexibility index (Phi) is 7.40. The molecule has 7 heteroatoms. The molecule has 7 nitrogen and oxygen atoms in total. The van der Waals surface area contributed by atoms with E-state index in [1.54, 1.807) is 0 Å². The summed E-state index contributed by atoms with van der Waals surface area (Å²) < 4.78 is 11.2. The Bertz CT molecular complexity index is 3550. The second-order valence-corrected chi connectivity index (χ2v) is 14.7. The predicted molar refractivity (Wildman–Crippen MR) is 238 cm³/mol. The third kappa shape index (κ3) is 5.36. The first-order chi connectivity index (χ1) is 29.2. The van der Waals surface area contributed by atoms with Crippen molar-refractivity contribution in [3.05, 3.63) is 194 Å². The zero-order valence-electron chi connectivity index (χ0n) is 31.6. The number of imidazole rings is 1. The van der Waals surface area contributed by atoms with Crippen LogP contribution in [0.3, 0.4) is 0 Å². The molecule has 8 aromatic carbocycles. The van der Waals surface area contributed by atoms with Gasteiger partial charge >= 0.3 is 0 Å². The van der Waals surface area contributed by atoms with E-state index in [0.29, 0.717) is 17.5 Å². The molecule has 0 N–H and O–H groups in total. The van der Waals surface area contributed by atoms with Crippen LogP contribution in [-0.2, 0) is 0 Å². The molecule has 59 heavy (non-hydrogen) atoms. The molecule has 0 aliphatic carbocycles. The zero-order valence-corrected chi connectivity index (χ0v) is 31.6. The lowest BCUT2D eigenvalue weighted by Gasteiger charge is -2.11. The first-order valence-corrected chi connectivity index (χ1v) is 19.6. The summed E-state index contributed by atoms with van der Waals surface area (Å²) in [5.74, 6) is 2.60. The lowest BCUT2D eigenvalue weighted by molar-refractivity contribution is 0.669. The molecular formula is C52H32N6O. The van der Waals surface area contributed by atoms with E-state index in [4.69, 9.17) is 24.4 Å². The van der Waals surface area contributed by atoms with E-state index < -0.39 is 0 Å². The first kappa shape index (κ1) is 33.0. The molecule has 0 atom stereocenters. The van der Waals surface area contributed by atoms with E-state index in [0.717, 1.165) is 83.5 Å². The van der Waals surface area contributed by atoms with Crippen LogP contribution in [0.4, 0.5) is 0 Å². The van der Waals surface area contributed by atoms with Gasteiger partial charge in [-0.25, -0.2) is 19.9 Å². The number of para-hydroxylation sites is 5. The third-order valence-electron chi connectivity index (χ3n) is 11.2. The maximum atomic E-state index is 6.65. The number of fused-ring (bicyclic) bond motifs is 7. The van der Waals surface area contributed by atoms with Gasteiger partial charge in [-0.3, -0.25) is 4.57 Å². The number of hydrogen-bond donors (Lipinski definition) is 0. The average Bonchev–Trinajstić information content (AvgIpc) is 3.99. The normalized spacial score (nSPS) is 11.7. The molecule has 0 amide bonds. The topological polar surface area (TPSA) is 74.6 Å². The number of rotatable bonds is 6. The van der Waals surface area contributed by atoms with Gasteiger partial charge in [0.1, 0.15) is 17.0 Å². The summed E-state index contributed by atoms with van der Waals surface area (Å²) in [6.07, 6.45) is 0. The molecule has 12 aromatic rings. The van der Waals surface area contributed by atoms with Crippen molar-refractivity contribution in [1.82, 2.24) is 29.1 Å². The van der Waals surface area contributed by atoms with E-state index in [9.17, 15) is 0 Å². The number of furan rings is 1. The van der Waals surface area contributed by atoms with Crippen LogP contribution >= 0.6 is 0 Å². The van der Waals surface area contributed by atoms with Crippen LogP contribution in [0.25, 0.3) is 112 Å². The fraction of sp³-hybridized carbons (Fsp3) is 0. The van der Waals surface area contributed by atoms with Crippen LogP contribution < -0.4 is 0 Å². The minimum absolute atomic E-state index is 0.570. The van der Waals surface area contributed by atoms with Crippen molar-refractivity contribution in [3.8, 4) is 56.9 Å². The Hall–Kier alpha value is -8.16. The van der Waals surface area contributed by atoms with Crippen LogP contribution in [0.2, 0.25) is 0 Å². The smallest absolute Gasteiger partial charge is 0.164 e. The van der Waals surface area contributed by atoms with Crippen molar-refractivity contribution < 1.29 is 4.42 Å². The molecule has 0 saturated carbocycles. The van der Waals surface area contributed by atoms with Gasteiger partial charge in [0.2, 0.25) is 0 Å². The van der Waals surface area contributed by atoms with Gasteiger partial charge in [0.15, 0.2) is 17.5 Å². The molecule has 4 heterocycles. The van der Waals surface area contributed by atoms with Crippen molar-refractivity contribution in [3.63, 3.8) is 0 Å². The minimum Gasteiger partial charge on any atom is -0.456 e. The molecule has 0 aliphatic rings. The highest BCUT2D eigenvalue weighted by atomic mass is 16.3. The van der Waals surface area contributed by atoms with Gasteiger partial charge in [-0.2, -0.15) is 0 Å². The monoisotopic (exact) mass is 756 g/mol. The number of hydrogen-bond acceptors (Lipinski definition) is 5. The highest BCUT2D eigenvalue weighted by Crippen LogP contribution is 2.40. The predicted octanol–water partition coefficient (Wildman–Crippen LogP) is 12.9. The quantitative estimate of drug-likeness (QED) is 0.169. The average molecular weight is 757 g/mol. The SMILES string of the molecule is c1ccc(-c2nc(-c3ccc4c5ccccc5n(-c5ccccc5)c4c3)nc(-c3cccc4oc5cc(-c6nc7ccccc7n6-c6ccccc6)ccc5c34)n2)cc1. The summed E-state index contributed by atoms with van der Waals surface area (Å²) in [5.41, 5.74) is 11.5. The van der Waals surface area contributed by atoms with Crippen molar-refractivity contribution >= 4 is 54.8 Å². The van der Waals surface area contributed by atoms with E-state index >= 15 is 0 Å². The van der Waals surface area contributed by atoms with Crippen LogP contribution in [0.15, 0.2) is 199 Å². The van der Waals surface area contributed by atoms with Gasteiger partial charge in [-0.05, 0) is 66.7 Å². The van der Waals surface area contributed by atoms with E-state index in [-0.39, 0.29) is 0 Å². The summed E-state index contributed by atoms with van der Waals surface area (Å²) in [6.45, 7) is 0. The Balaban J connectivity index is 1.05. The Labute approximate surface area is 338 Å². The largest absolute Gasteiger partial charge is 0.456 e. The summed E-state index contributed by atoms with van der Waals surface area (Å²) in [6, 6.07) is 66.7. The van der Waals surface area contributed by atoms with Crippen LogP contribution in [0.1, 0.15) is 0 Å². The highest BCUT2D eigenvalue weighted by molar-refractivity contribution is 6.13.